The van der Waals surface area contributed by atoms with E-state index in [0.29, 0.717) is 131 Å². The molecule has 0 atom stereocenters. The molecule has 0 spiro atoms. The highest BCUT2D eigenvalue weighted by molar-refractivity contribution is 5.89. The summed E-state index contributed by atoms with van der Waals surface area (Å²) in [6.07, 6.45) is 3.45. The van der Waals surface area contributed by atoms with Crippen molar-refractivity contribution in [1.29, 1.82) is 0 Å². The van der Waals surface area contributed by atoms with Crippen LogP contribution in [0, 0.1) is 0 Å². The molecule has 0 heterocycles. The van der Waals surface area contributed by atoms with Crippen molar-refractivity contribution < 1.29 is 71.6 Å². The maximum absolute atomic E-state index is 12.1. The third kappa shape index (κ3) is 33.4. The number of carboxylic acids is 1. The molecule has 0 radical (unpaired) electrons. The topological polar surface area (TPSA) is 185 Å². The zero-order chi connectivity index (χ0) is 38.3. The average molecular weight is 762 g/mol. The normalized spacial score (nSPS) is 11.1. The highest BCUT2D eigenvalue weighted by Crippen LogP contribution is 2.11. The van der Waals surface area contributed by atoms with Crippen LogP contribution in [0.3, 0.4) is 0 Å². The molecule has 0 saturated heterocycles. The van der Waals surface area contributed by atoms with Crippen molar-refractivity contribution in [2.24, 2.45) is 0 Å². The molecule has 0 aliphatic carbocycles. The lowest BCUT2D eigenvalue weighted by molar-refractivity contribution is -0.146. The Morgan fingerprint density at radius 1 is 0.491 bits per heavy atom. The van der Waals surface area contributed by atoms with Gasteiger partial charge in [-0.3, -0.25) is 9.59 Å². The molecule has 0 aromatic heterocycles. The SMILES string of the molecule is CCCCNc1ccc(C(=O)OCCOCCOCCOCCOCCOCCOCCOCCOCCOCCOC(=O)CCCCC(=O)O)cc1. The lowest BCUT2D eigenvalue weighted by Crippen LogP contribution is -2.16. The van der Waals surface area contributed by atoms with E-state index < -0.39 is 5.97 Å². The van der Waals surface area contributed by atoms with E-state index in [0.717, 1.165) is 25.1 Å². The second kappa shape index (κ2) is 37.4. The molecule has 53 heavy (non-hydrogen) atoms. The maximum atomic E-state index is 12.1. The molecule has 2 N–H and O–H groups in total. The maximum Gasteiger partial charge on any atom is 0.338 e. The van der Waals surface area contributed by atoms with Crippen molar-refractivity contribution in [3.63, 3.8) is 0 Å². The first-order chi connectivity index (χ1) is 26.0. The number of carbonyl (C=O) groups is 3. The van der Waals surface area contributed by atoms with Gasteiger partial charge in [0.15, 0.2) is 0 Å². The Balaban J connectivity index is 1.70. The Hall–Kier alpha value is -2.93. The Kier molecular flexibility index (Phi) is 33.9. The molecule has 1 aromatic rings. The molecule has 0 amide bonds. The fourth-order valence-corrected chi connectivity index (χ4v) is 4.10. The van der Waals surface area contributed by atoms with E-state index in [-0.39, 0.29) is 44.6 Å². The minimum Gasteiger partial charge on any atom is -0.481 e. The summed E-state index contributed by atoms with van der Waals surface area (Å²) in [7, 11) is 0. The number of ether oxygens (including phenoxy) is 11. The first-order valence-electron chi connectivity index (χ1n) is 18.6. The molecular formula is C37H63NO15. The number of aliphatic carboxylic acids is 1. The second-order valence-electron chi connectivity index (χ2n) is 11.3. The lowest BCUT2D eigenvalue weighted by atomic mass is 10.2. The minimum atomic E-state index is -0.866. The van der Waals surface area contributed by atoms with Crippen molar-refractivity contribution >= 4 is 23.6 Å². The van der Waals surface area contributed by atoms with Gasteiger partial charge in [-0.1, -0.05) is 13.3 Å². The number of anilines is 1. The van der Waals surface area contributed by atoms with Gasteiger partial charge in [-0.15, -0.1) is 0 Å². The van der Waals surface area contributed by atoms with Crippen LogP contribution in [0.25, 0.3) is 0 Å². The number of carboxylic acid groups (broad SMARTS) is 1. The Morgan fingerprint density at radius 3 is 1.23 bits per heavy atom. The van der Waals surface area contributed by atoms with E-state index in [4.69, 9.17) is 57.2 Å². The van der Waals surface area contributed by atoms with Gasteiger partial charge in [-0.25, -0.2) is 4.79 Å². The molecule has 0 fully saturated rings. The smallest absolute Gasteiger partial charge is 0.338 e. The molecule has 0 aliphatic rings. The van der Waals surface area contributed by atoms with Crippen LogP contribution in [0.15, 0.2) is 24.3 Å². The van der Waals surface area contributed by atoms with E-state index in [2.05, 4.69) is 12.2 Å². The fraction of sp³-hybridized carbons (Fsp3) is 0.757. The third-order valence-electron chi connectivity index (χ3n) is 6.93. The quantitative estimate of drug-likeness (QED) is 0.0732. The van der Waals surface area contributed by atoms with Crippen LogP contribution >= 0.6 is 0 Å². The first kappa shape index (κ1) is 48.1. The summed E-state index contributed by atoms with van der Waals surface area (Å²) in [6, 6.07) is 7.26. The van der Waals surface area contributed by atoms with Crippen LogP contribution in [0.2, 0.25) is 0 Å². The van der Waals surface area contributed by atoms with Crippen LogP contribution in [-0.4, -0.2) is 162 Å². The van der Waals surface area contributed by atoms with Gasteiger partial charge in [0.25, 0.3) is 0 Å². The van der Waals surface area contributed by atoms with Gasteiger partial charge in [-0.05, 0) is 43.5 Å². The standard InChI is InChI=1S/C37H63NO15/c1-2-3-12-38-34-10-8-33(9-11-34)37(42)53-32-30-51-28-26-49-24-22-47-20-18-45-16-14-43-13-15-44-17-19-46-21-23-48-25-27-50-29-31-52-36(41)7-5-4-6-35(39)40/h8-11,38H,2-7,12-32H2,1H3,(H,39,40). The van der Waals surface area contributed by atoms with Crippen molar-refractivity contribution in [1.82, 2.24) is 0 Å². The van der Waals surface area contributed by atoms with E-state index >= 15 is 0 Å². The van der Waals surface area contributed by atoms with Gasteiger partial charge in [0.1, 0.15) is 13.2 Å². The first-order valence-corrected chi connectivity index (χ1v) is 18.6. The van der Waals surface area contributed by atoms with Crippen LogP contribution in [0.5, 0.6) is 0 Å². The van der Waals surface area contributed by atoms with Crippen molar-refractivity contribution in [3.05, 3.63) is 29.8 Å². The average Bonchev–Trinajstić information content (AvgIpc) is 3.15. The highest BCUT2D eigenvalue weighted by atomic mass is 16.6. The highest BCUT2D eigenvalue weighted by Gasteiger charge is 2.07. The fourth-order valence-electron chi connectivity index (χ4n) is 4.10. The van der Waals surface area contributed by atoms with E-state index in [1.807, 2.05) is 12.1 Å². The number of nitrogens with one attached hydrogen (secondary N) is 1. The minimum absolute atomic E-state index is 0.0560. The monoisotopic (exact) mass is 761 g/mol. The van der Waals surface area contributed by atoms with Gasteiger partial charge in [-0.2, -0.15) is 0 Å². The van der Waals surface area contributed by atoms with Gasteiger partial charge >= 0.3 is 17.9 Å². The summed E-state index contributed by atoms with van der Waals surface area (Å²) in [5.74, 6) is -1.59. The predicted octanol–water partition coefficient (Wildman–Crippen LogP) is 3.39. The third-order valence-corrected chi connectivity index (χ3v) is 6.93. The zero-order valence-corrected chi connectivity index (χ0v) is 31.6. The van der Waals surface area contributed by atoms with Gasteiger partial charge in [0.05, 0.1) is 124 Å². The second-order valence-corrected chi connectivity index (χ2v) is 11.3. The van der Waals surface area contributed by atoms with Crippen LogP contribution in [0.4, 0.5) is 5.69 Å². The molecule has 1 aromatic carbocycles. The molecule has 0 bridgehead atoms. The molecule has 16 nitrogen and oxygen atoms in total. The molecule has 0 aliphatic heterocycles. The number of hydrogen-bond acceptors (Lipinski definition) is 15. The van der Waals surface area contributed by atoms with Crippen molar-refractivity contribution in [3.8, 4) is 0 Å². The van der Waals surface area contributed by atoms with Gasteiger partial charge < -0.3 is 62.5 Å². The van der Waals surface area contributed by atoms with Crippen molar-refractivity contribution in [2.45, 2.75) is 45.4 Å². The van der Waals surface area contributed by atoms with Crippen LogP contribution in [0.1, 0.15) is 55.8 Å². The Bertz CT molecular complexity index is 999. The number of unbranched alkanes of at least 4 members (excludes halogenated alkanes) is 2. The number of benzene rings is 1. The Morgan fingerprint density at radius 2 is 0.849 bits per heavy atom. The molecular weight excluding hydrogens is 698 g/mol. The van der Waals surface area contributed by atoms with Crippen LogP contribution < -0.4 is 5.32 Å². The molecule has 0 unspecified atom stereocenters. The number of esters is 2. The summed E-state index contributed by atoms with van der Waals surface area (Å²) in [5.41, 5.74) is 1.50. The number of carbonyl (C=O) groups excluding carboxylic acids is 2. The molecule has 1 rings (SSSR count). The summed E-state index contributed by atoms with van der Waals surface area (Å²) in [5, 5.41) is 11.9. The largest absolute Gasteiger partial charge is 0.481 e. The van der Waals surface area contributed by atoms with E-state index in [1.165, 1.54) is 0 Å². The van der Waals surface area contributed by atoms with Crippen LogP contribution in [-0.2, 0) is 61.7 Å². The Labute approximate surface area is 314 Å². The summed E-state index contributed by atoms with van der Waals surface area (Å²) in [4.78, 5) is 34.0. The molecule has 306 valence electrons. The molecule has 16 heteroatoms. The zero-order valence-electron chi connectivity index (χ0n) is 31.6. The van der Waals surface area contributed by atoms with E-state index in [9.17, 15) is 14.4 Å². The predicted molar refractivity (Wildman–Crippen MR) is 195 cm³/mol. The molecule has 0 saturated carbocycles. The van der Waals surface area contributed by atoms with Crippen molar-refractivity contribution in [2.75, 3.05) is 144 Å². The van der Waals surface area contributed by atoms with Gasteiger partial charge in [0.2, 0.25) is 0 Å². The number of hydrogen-bond donors (Lipinski definition) is 2. The summed E-state index contributed by atoms with van der Waals surface area (Å²) < 4.78 is 59.2. The summed E-state index contributed by atoms with van der Waals surface area (Å²) >= 11 is 0. The van der Waals surface area contributed by atoms with Gasteiger partial charge in [0, 0.05) is 25.1 Å². The van der Waals surface area contributed by atoms with E-state index in [1.54, 1.807) is 12.1 Å². The lowest BCUT2D eigenvalue weighted by Gasteiger charge is -2.09. The summed E-state index contributed by atoms with van der Waals surface area (Å²) in [6.45, 7) is 11.1. The number of rotatable bonds is 40.